The molecule has 4 heteroatoms. The fourth-order valence-electron chi connectivity index (χ4n) is 0. The SMILES string of the molecule is O=CO.[Ca+2].[Ca+2].[H-].[H-].[H-].[H-]. The zero-order valence-corrected chi connectivity index (χ0v) is 7.26. The minimum Gasteiger partial charge on any atom is -1.00 e. The van der Waals surface area contributed by atoms with Gasteiger partial charge in [-0.3, -0.25) is 4.79 Å². The summed E-state index contributed by atoms with van der Waals surface area (Å²) in [5, 5.41) is 6.89. The Hall–Kier alpha value is 1.99. The molecular weight excluding hydrogens is 124 g/mol. The first-order chi connectivity index (χ1) is 1.41. The smallest absolute Gasteiger partial charge is 1.00 e. The van der Waals surface area contributed by atoms with Crippen LogP contribution in [0, 0.1) is 0 Å². The van der Waals surface area contributed by atoms with Crippen LogP contribution in [0.1, 0.15) is 5.71 Å². The van der Waals surface area contributed by atoms with E-state index in [0.29, 0.717) is 0 Å². The Kier molecular flexibility index (Phi) is 52.6. The zero-order valence-electron chi connectivity index (χ0n) is 6.85. The van der Waals surface area contributed by atoms with E-state index >= 15 is 0 Å². The summed E-state index contributed by atoms with van der Waals surface area (Å²) in [6.07, 6.45) is 0. The van der Waals surface area contributed by atoms with E-state index < -0.39 is 0 Å². The summed E-state index contributed by atoms with van der Waals surface area (Å²) in [6, 6.07) is 0. The zero-order chi connectivity index (χ0) is 2.71. The standard InChI is InChI=1S/CH2O2.2Ca.4H/c2-1-3;;;;;;/h1H,(H,2,3);;;;;;/q;2*+2;4*-1. The molecule has 0 aliphatic heterocycles. The van der Waals surface area contributed by atoms with Gasteiger partial charge in [0.05, 0.1) is 0 Å². The third-order valence-corrected chi connectivity index (χ3v) is 0. The van der Waals surface area contributed by atoms with Crippen LogP contribution in [0.3, 0.4) is 0 Å². The number of hydrogen-bond donors (Lipinski definition) is 1. The monoisotopic (exact) mass is 130 g/mol. The Balaban J connectivity index is -0.00000000133. The van der Waals surface area contributed by atoms with Crippen molar-refractivity contribution >= 4 is 81.9 Å². The fourth-order valence-corrected chi connectivity index (χ4v) is 0. The van der Waals surface area contributed by atoms with Gasteiger partial charge in [0.25, 0.3) is 6.47 Å². The summed E-state index contributed by atoms with van der Waals surface area (Å²) in [7, 11) is 0. The second-order valence-electron chi connectivity index (χ2n) is 0.105. The molecule has 0 saturated carbocycles. The van der Waals surface area contributed by atoms with E-state index in [9.17, 15) is 0 Å². The molecule has 0 heterocycles. The molecular formula is CH6Ca2O2. The first-order valence-electron chi connectivity index (χ1n) is 0.494. The average molecular weight is 130 g/mol. The number of hydrogen-bond acceptors (Lipinski definition) is 1. The van der Waals surface area contributed by atoms with Gasteiger partial charge >= 0.3 is 75.5 Å². The Morgan fingerprint density at radius 1 is 1.60 bits per heavy atom. The van der Waals surface area contributed by atoms with E-state index in [1.807, 2.05) is 0 Å². The van der Waals surface area contributed by atoms with E-state index in [4.69, 9.17) is 9.90 Å². The second kappa shape index (κ2) is 16.7. The van der Waals surface area contributed by atoms with Crippen LogP contribution in [-0.4, -0.2) is 87.1 Å². The fraction of sp³-hybridized carbons (Fsp3) is 0. The van der Waals surface area contributed by atoms with Gasteiger partial charge in [0.1, 0.15) is 0 Å². The van der Waals surface area contributed by atoms with Crippen molar-refractivity contribution in [3.8, 4) is 0 Å². The number of carboxylic acid groups (broad SMARTS) is 1. The van der Waals surface area contributed by atoms with Crippen molar-refractivity contribution in [2.45, 2.75) is 0 Å². The Morgan fingerprint density at radius 2 is 1.60 bits per heavy atom. The van der Waals surface area contributed by atoms with Crippen molar-refractivity contribution in [2.75, 3.05) is 0 Å². The quantitative estimate of drug-likeness (QED) is 0.351. The Bertz CT molecular complexity index is 24.0. The third kappa shape index (κ3) is 24.1. The molecule has 0 amide bonds. The van der Waals surface area contributed by atoms with Crippen LogP contribution >= 0.6 is 0 Å². The minimum absolute atomic E-state index is 0. The molecule has 2 nitrogen and oxygen atoms in total. The van der Waals surface area contributed by atoms with Gasteiger partial charge in [-0.1, -0.05) is 0 Å². The molecule has 0 aromatic rings. The molecule has 1 N–H and O–H groups in total. The molecule has 0 bridgehead atoms. The maximum atomic E-state index is 8.36. The molecule has 5 heavy (non-hydrogen) atoms. The molecule has 0 aromatic heterocycles. The van der Waals surface area contributed by atoms with Crippen molar-refractivity contribution in [1.82, 2.24) is 0 Å². The van der Waals surface area contributed by atoms with Crippen molar-refractivity contribution in [3.63, 3.8) is 0 Å². The second-order valence-corrected chi connectivity index (χ2v) is 0.105. The molecule has 0 atom stereocenters. The summed E-state index contributed by atoms with van der Waals surface area (Å²) >= 11 is 0. The van der Waals surface area contributed by atoms with E-state index in [1.54, 1.807) is 0 Å². The molecule has 0 unspecified atom stereocenters. The minimum atomic E-state index is -0.250. The van der Waals surface area contributed by atoms with Gasteiger partial charge in [0, 0.05) is 0 Å². The van der Waals surface area contributed by atoms with Crippen molar-refractivity contribution in [3.05, 3.63) is 0 Å². The van der Waals surface area contributed by atoms with Gasteiger partial charge in [-0.15, -0.1) is 0 Å². The van der Waals surface area contributed by atoms with E-state index in [-0.39, 0.29) is 87.7 Å². The Morgan fingerprint density at radius 3 is 1.60 bits per heavy atom. The van der Waals surface area contributed by atoms with Crippen LogP contribution in [0.15, 0.2) is 0 Å². The summed E-state index contributed by atoms with van der Waals surface area (Å²) in [5.74, 6) is 0. The molecule has 0 aliphatic rings. The van der Waals surface area contributed by atoms with Gasteiger partial charge in [-0.2, -0.15) is 0 Å². The normalized spacial score (nSPS) is 2.40. The maximum Gasteiger partial charge on any atom is 2.00 e. The van der Waals surface area contributed by atoms with Gasteiger partial charge < -0.3 is 10.8 Å². The van der Waals surface area contributed by atoms with E-state index in [1.165, 1.54) is 0 Å². The van der Waals surface area contributed by atoms with Crippen LogP contribution in [-0.2, 0) is 4.79 Å². The molecule has 0 aliphatic carbocycles. The Labute approximate surface area is 95.9 Å². The summed E-state index contributed by atoms with van der Waals surface area (Å²) in [6.45, 7) is -0.250. The molecule has 0 rings (SSSR count). The molecule has 0 saturated heterocycles. The molecule has 0 spiro atoms. The van der Waals surface area contributed by atoms with Gasteiger partial charge in [-0.25, -0.2) is 0 Å². The number of carbonyl (C=O) groups is 1. The third-order valence-electron chi connectivity index (χ3n) is 0. The molecule has 0 fully saturated rings. The van der Waals surface area contributed by atoms with Crippen molar-refractivity contribution in [2.24, 2.45) is 0 Å². The summed E-state index contributed by atoms with van der Waals surface area (Å²) in [4.78, 5) is 8.36. The summed E-state index contributed by atoms with van der Waals surface area (Å²) < 4.78 is 0. The van der Waals surface area contributed by atoms with Crippen LogP contribution in [0.2, 0.25) is 0 Å². The molecule has 0 radical (unpaired) electrons. The first-order valence-corrected chi connectivity index (χ1v) is 0.494. The average Bonchev–Trinajstić information content (AvgIpc) is 0.918. The number of rotatable bonds is 0. The summed E-state index contributed by atoms with van der Waals surface area (Å²) in [5.41, 5.74) is 0. The van der Waals surface area contributed by atoms with Crippen LogP contribution in [0.5, 0.6) is 0 Å². The van der Waals surface area contributed by atoms with Crippen molar-refractivity contribution < 1.29 is 15.6 Å². The van der Waals surface area contributed by atoms with Gasteiger partial charge in [-0.05, 0) is 0 Å². The molecule has 0 aromatic carbocycles. The van der Waals surface area contributed by atoms with Crippen LogP contribution < -0.4 is 0 Å². The van der Waals surface area contributed by atoms with Crippen LogP contribution in [0.4, 0.5) is 0 Å². The van der Waals surface area contributed by atoms with E-state index in [2.05, 4.69) is 0 Å². The predicted molar refractivity (Wildman–Crippen MR) is 24.6 cm³/mol. The van der Waals surface area contributed by atoms with E-state index in [0.717, 1.165) is 0 Å². The van der Waals surface area contributed by atoms with Gasteiger partial charge in [0.2, 0.25) is 0 Å². The van der Waals surface area contributed by atoms with Crippen molar-refractivity contribution in [1.29, 1.82) is 0 Å². The van der Waals surface area contributed by atoms with Gasteiger partial charge in [0.15, 0.2) is 0 Å². The predicted octanol–water partition coefficient (Wildman–Crippen LogP) is -0.611. The first kappa shape index (κ1) is 15.8. The largest absolute Gasteiger partial charge is 2.00 e. The molecule has 26 valence electrons. The van der Waals surface area contributed by atoms with Crippen LogP contribution in [0.25, 0.3) is 0 Å². The maximum absolute atomic E-state index is 8.36. The topological polar surface area (TPSA) is 37.3 Å².